The third kappa shape index (κ3) is 3.01. The van der Waals surface area contributed by atoms with E-state index in [0.29, 0.717) is 5.88 Å². The first-order valence-corrected chi connectivity index (χ1v) is 7.49. The fraction of sp³-hybridized carbons (Fsp3) is 0.267. The van der Waals surface area contributed by atoms with E-state index in [2.05, 4.69) is 26.3 Å². The second-order valence-corrected chi connectivity index (χ2v) is 5.72. The van der Waals surface area contributed by atoms with Crippen LogP contribution in [0.5, 0.6) is 5.88 Å². The van der Waals surface area contributed by atoms with Gasteiger partial charge < -0.3 is 10.1 Å². The van der Waals surface area contributed by atoms with Crippen molar-refractivity contribution >= 4 is 21.6 Å². The van der Waals surface area contributed by atoms with Crippen molar-refractivity contribution in [3.8, 4) is 5.88 Å². The van der Waals surface area contributed by atoms with Gasteiger partial charge in [-0.15, -0.1) is 11.3 Å². The summed E-state index contributed by atoms with van der Waals surface area (Å²) in [7, 11) is 3.53. The SMILES string of the molecule is CNC(Cc1nc2ccccc2s1)c1cc(OC)ncn1. The molecular formula is C15H16N4OS. The summed E-state index contributed by atoms with van der Waals surface area (Å²) in [6.07, 6.45) is 2.31. The number of ether oxygens (including phenoxy) is 1. The number of nitrogens with one attached hydrogen (secondary N) is 1. The van der Waals surface area contributed by atoms with Crippen LogP contribution in [0, 0.1) is 0 Å². The average molecular weight is 300 g/mol. The molecular weight excluding hydrogens is 284 g/mol. The first kappa shape index (κ1) is 13.9. The molecule has 0 fully saturated rings. The number of para-hydroxylation sites is 1. The molecule has 1 aromatic carbocycles. The maximum absolute atomic E-state index is 5.16. The summed E-state index contributed by atoms with van der Waals surface area (Å²) in [4.78, 5) is 13.0. The van der Waals surface area contributed by atoms with Crippen LogP contribution in [0.1, 0.15) is 16.7 Å². The molecule has 2 heterocycles. The summed E-state index contributed by atoms with van der Waals surface area (Å²) < 4.78 is 6.37. The highest BCUT2D eigenvalue weighted by Gasteiger charge is 2.15. The van der Waals surface area contributed by atoms with E-state index in [1.807, 2.05) is 31.3 Å². The molecule has 0 saturated heterocycles. The molecule has 2 aromatic heterocycles. The molecule has 0 aliphatic carbocycles. The van der Waals surface area contributed by atoms with Gasteiger partial charge >= 0.3 is 0 Å². The molecule has 21 heavy (non-hydrogen) atoms. The minimum atomic E-state index is 0.0856. The summed E-state index contributed by atoms with van der Waals surface area (Å²) in [6.45, 7) is 0. The Morgan fingerprint density at radius 2 is 2.14 bits per heavy atom. The first-order chi connectivity index (χ1) is 10.3. The summed E-state index contributed by atoms with van der Waals surface area (Å²) in [5.41, 5.74) is 1.95. The van der Waals surface area contributed by atoms with Crippen molar-refractivity contribution in [2.24, 2.45) is 0 Å². The van der Waals surface area contributed by atoms with Crippen LogP contribution in [-0.2, 0) is 6.42 Å². The second-order valence-electron chi connectivity index (χ2n) is 4.61. The number of fused-ring (bicyclic) bond motifs is 1. The molecule has 0 spiro atoms. The lowest BCUT2D eigenvalue weighted by Gasteiger charge is -2.14. The van der Waals surface area contributed by atoms with E-state index < -0.39 is 0 Å². The number of likely N-dealkylation sites (N-methyl/N-ethyl adjacent to an activating group) is 1. The lowest BCUT2D eigenvalue weighted by molar-refractivity contribution is 0.394. The largest absolute Gasteiger partial charge is 0.481 e. The lowest BCUT2D eigenvalue weighted by Crippen LogP contribution is -2.20. The third-order valence-corrected chi connectivity index (χ3v) is 4.35. The van der Waals surface area contributed by atoms with Gasteiger partial charge in [0.15, 0.2) is 0 Å². The molecule has 3 rings (SSSR count). The van der Waals surface area contributed by atoms with Crippen LogP contribution in [0.4, 0.5) is 0 Å². The molecule has 0 radical (unpaired) electrons. The van der Waals surface area contributed by atoms with Crippen LogP contribution >= 0.6 is 11.3 Å². The Hall–Kier alpha value is -2.05. The Morgan fingerprint density at radius 1 is 1.29 bits per heavy atom. The van der Waals surface area contributed by atoms with E-state index in [4.69, 9.17) is 4.74 Å². The van der Waals surface area contributed by atoms with Crippen molar-refractivity contribution < 1.29 is 4.74 Å². The van der Waals surface area contributed by atoms with Gasteiger partial charge in [0, 0.05) is 12.5 Å². The Bertz CT molecular complexity index is 710. The van der Waals surface area contributed by atoms with E-state index >= 15 is 0 Å². The molecule has 1 N–H and O–H groups in total. The number of hydrogen-bond donors (Lipinski definition) is 1. The molecule has 1 unspecified atom stereocenters. The van der Waals surface area contributed by atoms with E-state index in [1.54, 1.807) is 18.4 Å². The minimum Gasteiger partial charge on any atom is -0.481 e. The average Bonchev–Trinajstić information content (AvgIpc) is 2.95. The zero-order valence-corrected chi connectivity index (χ0v) is 12.7. The normalized spacial score (nSPS) is 12.5. The van der Waals surface area contributed by atoms with Crippen LogP contribution in [0.3, 0.4) is 0 Å². The number of thiazole rings is 1. The van der Waals surface area contributed by atoms with Gasteiger partial charge in [-0.2, -0.15) is 0 Å². The van der Waals surface area contributed by atoms with Crippen LogP contribution in [0.2, 0.25) is 0 Å². The number of rotatable bonds is 5. The predicted octanol–water partition coefficient (Wildman–Crippen LogP) is 2.60. The fourth-order valence-corrected chi connectivity index (χ4v) is 3.20. The molecule has 6 heteroatoms. The molecule has 0 aliphatic heterocycles. The van der Waals surface area contributed by atoms with Gasteiger partial charge in [-0.1, -0.05) is 12.1 Å². The van der Waals surface area contributed by atoms with Gasteiger partial charge in [0.25, 0.3) is 0 Å². The molecule has 0 aliphatic rings. The predicted molar refractivity (Wildman–Crippen MR) is 83.7 cm³/mol. The monoisotopic (exact) mass is 300 g/mol. The number of aromatic nitrogens is 3. The van der Waals surface area contributed by atoms with Crippen LogP contribution in [-0.4, -0.2) is 29.1 Å². The topological polar surface area (TPSA) is 59.9 Å². The van der Waals surface area contributed by atoms with Crippen LogP contribution in [0.25, 0.3) is 10.2 Å². The molecule has 1 atom stereocenters. The molecule has 3 aromatic rings. The van der Waals surface area contributed by atoms with E-state index in [1.165, 1.54) is 11.0 Å². The zero-order valence-electron chi connectivity index (χ0n) is 11.9. The van der Waals surface area contributed by atoms with Crippen LogP contribution in [0.15, 0.2) is 36.7 Å². The minimum absolute atomic E-state index is 0.0856. The van der Waals surface area contributed by atoms with Crippen molar-refractivity contribution in [2.75, 3.05) is 14.2 Å². The maximum Gasteiger partial charge on any atom is 0.216 e. The zero-order chi connectivity index (χ0) is 14.7. The Morgan fingerprint density at radius 3 is 2.90 bits per heavy atom. The molecule has 0 bridgehead atoms. The number of nitrogens with zero attached hydrogens (tertiary/aromatic N) is 3. The molecule has 0 saturated carbocycles. The number of hydrogen-bond acceptors (Lipinski definition) is 6. The maximum atomic E-state index is 5.16. The van der Waals surface area contributed by atoms with E-state index in [-0.39, 0.29) is 6.04 Å². The summed E-state index contributed by atoms with van der Waals surface area (Å²) >= 11 is 1.72. The standard InChI is InChI=1S/C15H16N4OS/c1-16-11(12-7-14(20-2)18-9-17-12)8-15-19-10-5-3-4-6-13(10)21-15/h3-7,9,11,16H,8H2,1-2H3. The van der Waals surface area contributed by atoms with Crippen molar-refractivity contribution in [1.82, 2.24) is 20.3 Å². The van der Waals surface area contributed by atoms with Gasteiger partial charge in [-0.05, 0) is 19.2 Å². The van der Waals surface area contributed by atoms with Gasteiger partial charge in [0.1, 0.15) is 6.33 Å². The highest BCUT2D eigenvalue weighted by atomic mass is 32.1. The highest BCUT2D eigenvalue weighted by molar-refractivity contribution is 7.18. The van der Waals surface area contributed by atoms with Crippen molar-refractivity contribution in [3.05, 3.63) is 47.4 Å². The Labute approximate surface area is 127 Å². The van der Waals surface area contributed by atoms with Crippen molar-refractivity contribution in [1.29, 1.82) is 0 Å². The van der Waals surface area contributed by atoms with Gasteiger partial charge in [-0.25, -0.2) is 15.0 Å². The Kier molecular flexibility index (Phi) is 4.08. The number of benzene rings is 1. The van der Waals surface area contributed by atoms with Crippen LogP contribution < -0.4 is 10.1 Å². The number of methoxy groups -OCH3 is 1. The van der Waals surface area contributed by atoms with E-state index in [9.17, 15) is 0 Å². The third-order valence-electron chi connectivity index (χ3n) is 3.29. The molecule has 5 nitrogen and oxygen atoms in total. The summed E-state index contributed by atoms with van der Waals surface area (Å²) in [5, 5.41) is 4.37. The Balaban J connectivity index is 1.86. The van der Waals surface area contributed by atoms with Gasteiger partial charge in [-0.3, -0.25) is 0 Å². The van der Waals surface area contributed by atoms with Gasteiger partial charge in [0.05, 0.1) is 34.1 Å². The smallest absolute Gasteiger partial charge is 0.216 e. The summed E-state index contributed by atoms with van der Waals surface area (Å²) in [5.74, 6) is 0.574. The molecule has 0 amide bonds. The van der Waals surface area contributed by atoms with Crippen molar-refractivity contribution in [3.63, 3.8) is 0 Å². The highest BCUT2D eigenvalue weighted by Crippen LogP contribution is 2.26. The first-order valence-electron chi connectivity index (χ1n) is 6.68. The summed E-state index contributed by atoms with van der Waals surface area (Å²) in [6, 6.07) is 10.1. The molecule has 108 valence electrons. The lowest BCUT2D eigenvalue weighted by atomic mass is 10.1. The van der Waals surface area contributed by atoms with Crippen molar-refractivity contribution in [2.45, 2.75) is 12.5 Å². The van der Waals surface area contributed by atoms with Gasteiger partial charge in [0.2, 0.25) is 5.88 Å². The fourth-order valence-electron chi connectivity index (χ4n) is 2.19. The second kappa shape index (κ2) is 6.15. The quantitative estimate of drug-likeness (QED) is 0.785. The van der Waals surface area contributed by atoms with E-state index in [0.717, 1.165) is 22.6 Å².